The summed E-state index contributed by atoms with van der Waals surface area (Å²) in [4.78, 5) is 48.3. The molecule has 0 fully saturated rings. The third-order valence-electron chi connectivity index (χ3n) is 4.79. The number of rotatable bonds is 8. The zero-order valence-electron chi connectivity index (χ0n) is 17.7. The Hall–Kier alpha value is -4.00. The summed E-state index contributed by atoms with van der Waals surface area (Å²) in [7, 11) is 0. The SMILES string of the molecule is CC(NC(=O)Cc1cccc2ccccc12)C(=O)OCC(=O)NC(=O)Cc1ccccc1. The van der Waals surface area contributed by atoms with Crippen LogP contribution < -0.4 is 10.6 Å². The normalized spacial score (nSPS) is 11.4. The first kappa shape index (κ1) is 22.7. The van der Waals surface area contributed by atoms with Crippen LogP contribution in [0.25, 0.3) is 10.8 Å². The van der Waals surface area contributed by atoms with Gasteiger partial charge in [-0.25, -0.2) is 4.79 Å². The highest BCUT2D eigenvalue weighted by molar-refractivity contribution is 5.97. The van der Waals surface area contributed by atoms with E-state index in [0.29, 0.717) is 0 Å². The number of nitrogens with one attached hydrogen (secondary N) is 2. The van der Waals surface area contributed by atoms with Crippen molar-refractivity contribution in [2.75, 3.05) is 6.61 Å². The molecular formula is C25H24N2O5. The minimum absolute atomic E-state index is 0.0428. The van der Waals surface area contributed by atoms with Gasteiger partial charge in [-0.15, -0.1) is 0 Å². The van der Waals surface area contributed by atoms with Crippen molar-refractivity contribution in [3.05, 3.63) is 83.9 Å². The van der Waals surface area contributed by atoms with Crippen LogP contribution >= 0.6 is 0 Å². The molecule has 0 aromatic heterocycles. The van der Waals surface area contributed by atoms with E-state index in [1.54, 1.807) is 24.3 Å². The first-order valence-corrected chi connectivity index (χ1v) is 10.2. The minimum Gasteiger partial charge on any atom is -0.454 e. The van der Waals surface area contributed by atoms with E-state index in [0.717, 1.165) is 21.9 Å². The number of imide groups is 1. The Labute approximate surface area is 185 Å². The third-order valence-corrected chi connectivity index (χ3v) is 4.79. The third kappa shape index (κ3) is 6.50. The average molecular weight is 432 g/mol. The summed E-state index contributed by atoms with van der Waals surface area (Å²) in [6, 6.07) is 21.5. The lowest BCUT2D eigenvalue weighted by molar-refractivity contribution is -0.151. The summed E-state index contributed by atoms with van der Waals surface area (Å²) >= 11 is 0. The second-order valence-electron chi connectivity index (χ2n) is 7.35. The lowest BCUT2D eigenvalue weighted by Crippen LogP contribution is -2.42. The van der Waals surface area contributed by atoms with Gasteiger partial charge in [0.1, 0.15) is 6.04 Å². The number of amides is 3. The monoisotopic (exact) mass is 432 g/mol. The van der Waals surface area contributed by atoms with Gasteiger partial charge in [-0.1, -0.05) is 72.8 Å². The predicted molar refractivity (Wildman–Crippen MR) is 120 cm³/mol. The van der Waals surface area contributed by atoms with Crippen LogP contribution in [0.4, 0.5) is 0 Å². The van der Waals surface area contributed by atoms with Gasteiger partial charge in [-0.3, -0.25) is 19.7 Å². The summed E-state index contributed by atoms with van der Waals surface area (Å²) in [5.41, 5.74) is 1.61. The van der Waals surface area contributed by atoms with E-state index in [4.69, 9.17) is 4.74 Å². The number of carbonyl (C=O) groups is 4. The summed E-state index contributed by atoms with van der Waals surface area (Å²) in [6.07, 6.45) is 0.147. The first-order valence-electron chi connectivity index (χ1n) is 10.2. The van der Waals surface area contributed by atoms with Gasteiger partial charge in [0, 0.05) is 0 Å². The smallest absolute Gasteiger partial charge is 0.328 e. The van der Waals surface area contributed by atoms with E-state index in [-0.39, 0.29) is 18.7 Å². The quantitative estimate of drug-likeness (QED) is 0.532. The molecule has 0 radical (unpaired) electrons. The molecule has 1 unspecified atom stereocenters. The fourth-order valence-corrected chi connectivity index (χ4v) is 3.25. The van der Waals surface area contributed by atoms with Crippen molar-refractivity contribution in [3.63, 3.8) is 0 Å². The molecule has 164 valence electrons. The largest absolute Gasteiger partial charge is 0.454 e. The van der Waals surface area contributed by atoms with Crippen molar-refractivity contribution < 1.29 is 23.9 Å². The molecule has 7 heteroatoms. The van der Waals surface area contributed by atoms with Crippen molar-refractivity contribution in [3.8, 4) is 0 Å². The molecule has 3 aromatic rings. The molecule has 7 nitrogen and oxygen atoms in total. The number of esters is 1. The van der Waals surface area contributed by atoms with Crippen molar-refractivity contribution in [2.45, 2.75) is 25.8 Å². The van der Waals surface area contributed by atoms with Gasteiger partial charge in [0.05, 0.1) is 12.8 Å². The van der Waals surface area contributed by atoms with Crippen LogP contribution in [0.5, 0.6) is 0 Å². The molecule has 0 saturated carbocycles. The predicted octanol–water partition coefficient (Wildman–Crippen LogP) is 2.32. The van der Waals surface area contributed by atoms with Gasteiger partial charge >= 0.3 is 5.97 Å². The second-order valence-corrected chi connectivity index (χ2v) is 7.35. The highest BCUT2D eigenvalue weighted by Crippen LogP contribution is 2.18. The topological polar surface area (TPSA) is 102 Å². The standard InChI is InChI=1S/C25H24N2O5/c1-17(26-23(29)15-20-12-7-11-19-10-5-6-13-21(19)20)25(31)32-16-24(30)27-22(28)14-18-8-3-2-4-9-18/h2-13,17H,14-16H2,1H3,(H,26,29)(H,27,28,30). The van der Waals surface area contributed by atoms with Crippen molar-refractivity contribution in [1.29, 1.82) is 0 Å². The zero-order chi connectivity index (χ0) is 22.9. The number of fused-ring (bicyclic) bond motifs is 1. The highest BCUT2D eigenvalue weighted by Gasteiger charge is 2.19. The Morgan fingerprint density at radius 1 is 0.781 bits per heavy atom. The number of carbonyl (C=O) groups excluding carboxylic acids is 4. The van der Waals surface area contributed by atoms with Gasteiger partial charge in [-0.05, 0) is 28.8 Å². The van der Waals surface area contributed by atoms with Crippen molar-refractivity contribution in [1.82, 2.24) is 10.6 Å². The minimum atomic E-state index is -0.940. The van der Waals surface area contributed by atoms with E-state index in [1.807, 2.05) is 48.5 Å². The Morgan fingerprint density at radius 3 is 2.25 bits per heavy atom. The molecule has 32 heavy (non-hydrogen) atoms. The maximum absolute atomic E-state index is 12.4. The van der Waals surface area contributed by atoms with Crippen LogP contribution in [0.2, 0.25) is 0 Å². The van der Waals surface area contributed by atoms with Crippen LogP contribution in [-0.4, -0.2) is 36.3 Å². The van der Waals surface area contributed by atoms with Gasteiger partial charge in [0.15, 0.2) is 6.61 Å². The molecule has 3 rings (SSSR count). The molecule has 1 atom stereocenters. The number of ether oxygens (including phenoxy) is 1. The van der Waals surface area contributed by atoms with E-state index in [9.17, 15) is 19.2 Å². The summed E-state index contributed by atoms with van der Waals surface area (Å²) < 4.78 is 4.92. The molecule has 0 heterocycles. The molecular weight excluding hydrogens is 408 g/mol. The summed E-state index contributed by atoms with van der Waals surface area (Å²) in [6.45, 7) is 0.866. The zero-order valence-corrected chi connectivity index (χ0v) is 17.7. The Balaban J connectivity index is 1.43. The Bertz CT molecular complexity index is 1120. The van der Waals surface area contributed by atoms with Gasteiger partial charge in [-0.2, -0.15) is 0 Å². The maximum atomic E-state index is 12.4. The van der Waals surface area contributed by atoms with Crippen molar-refractivity contribution in [2.24, 2.45) is 0 Å². The Morgan fingerprint density at radius 2 is 1.47 bits per heavy atom. The fourth-order valence-electron chi connectivity index (χ4n) is 3.25. The maximum Gasteiger partial charge on any atom is 0.328 e. The first-order chi connectivity index (χ1) is 15.4. The molecule has 0 saturated heterocycles. The molecule has 0 aliphatic carbocycles. The number of hydrogen-bond acceptors (Lipinski definition) is 5. The van der Waals surface area contributed by atoms with Crippen LogP contribution in [-0.2, 0) is 36.8 Å². The van der Waals surface area contributed by atoms with Crippen LogP contribution in [0.1, 0.15) is 18.1 Å². The lowest BCUT2D eigenvalue weighted by Gasteiger charge is -2.14. The average Bonchev–Trinajstić information content (AvgIpc) is 2.78. The molecule has 0 aliphatic heterocycles. The summed E-state index contributed by atoms with van der Waals surface area (Å²) in [5, 5.41) is 6.74. The lowest BCUT2D eigenvalue weighted by atomic mass is 10.0. The summed E-state index contributed by atoms with van der Waals surface area (Å²) in [5.74, 6) is -2.32. The van der Waals surface area contributed by atoms with Crippen LogP contribution in [0, 0.1) is 0 Å². The molecule has 0 spiro atoms. The molecule has 0 bridgehead atoms. The molecule has 3 amide bonds. The fraction of sp³-hybridized carbons (Fsp3) is 0.200. The van der Waals surface area contributed by atoms with Gasteiger partial charge < -0.3 is 10.1 Å². The van der Waals surface area contributed by atoms with E-state index >= 15 is 0 Å². The second kappa shape index (κ2) is 10.9. The van der Waals surface area contributed by atoms with E-state index < -0.39 is 30.4 Å². The van der Waals surface area contributed by atoms with Crippen LogP contribution in [0.3, 0.4) is 0 Å². The Kier molecular flexibility index (Phi) is 7.70. The van der Waals surface area contributed by atoms with E-state index in [2.05, 4.69) is 10.6 Å². The number of benzene rings is 3. The molecule has 3 aromatic carbocycles. The molecule has 0 aliphatic rings. The van der Waals surface area contributed by atoms with Crippen molar-refractivity contribution >= 4 is 34.5 Å². The van der Waals surface area contributed by atoms with E-state index in [1.165, 1.54) is 6.92 Å². The van der Waals surface area contributed by atoms with Gasteiger partial charge in [0.25, 0.3) is 5.91 Å². The van der Waals surface area contributed by atoms with Crippen LogP contribution in [0.15, 0.2) is 72.8 Å². The van der Waals surface area contributed by atoms with Gasteiger partial charge in [0.2, 0.25) is 11.8 Å². The number of hydrogen-bond donors (Lipinski definition) is 2. The highest BCUT2D eigenvalue weighted by atomic mass is 16.5. The molecule has 2 N–H and O–H groups in total.